The number of nitrogens with two attached hydrogens (primary N) is 1. The molecule has 0 aromatic heterocycles. The zero-order chi connectivity index (χ0) is 13.7. The summed E-state index contributed by atoms with van der Waals surface area (Å²) in [5, 5.41) is 4.05. The minimum absolute atomic E-state index is 0. The first-order chi connectivity index (χ1) is 9.24. The van der Waals surface area contributed by atoms with E-state index in [1.807, 2.05) is 11.8 Å². The first-order valence-electron chi connectivity index (χ1n) is 7.86. The number of hydrogen-bond acceptors (Lipinski definition) is 3. The number of carbonyl (C=O) groups excluding carboxylic acids is 1. The average molecular weight is 321 g/mol. The largest absolute Gasteiger partial charge is 0.353 e. The van der Waals surface area contributed by atoms with E-state index in [1.165, 1.54) is 25.0 Å². The lowest BCUT2D eigenvalue weighted by Gasteiger charge is -2.30. The molecule has 0 aromatic carbocycles. The highest BCUT2D eigenvalue weighted by atomic mass is 35.5. The second-order valence-corrected chi connectivity index (χ2v) is 7.56. The number of rotatable bonds is 5. The number of halogens is 1. The molecule has 118 valence electrons. The Kier molecular flexibility index (Phi) is 8.30. The fourth-order valence-corrected chi connectivity index (χ4v) is 4.81. The van der Waals surface area contributed by atoms with Crippen molar-refractivity contribution in [1.82, 2.24) is 5.32 Å². The van der Waals surface area contributed by atoms with Gasteiger partial charge in [0.2, 0.25) is 5.91 Å². The van der Waals surface area contributed by atoms with E-state index in [9.17, 15) is 4.79 Å². The number of carbonyl (C=O) groups is 1. The Labute approximate surface area is 133 Å². The smallest absolute Gasteiger partial charge is 0.223 e. The van der Waals surface area contributed by atoms with Crippen molar-refractivity contribution in [3.05, 3.63) is 0 Å². The fraction of sp³-hybridized carbons (Fsp3) is 0.933. The van der Waals surface area contributed by atoms with Crippen LogP contribution >= 0.6 is 24.2 Å². The van der Waals surface area contributed by atoms with Crippen molar-refractivity contribution in [1.29, 1.82) is 0 Å². The molecule has 20 heavy (non-hydrogen) atoms. The molecule has 0 heterocycles. The number of thioether (sulfide) groups is 1. The maximum Gasteiger partial charge on any atom is 0.223 e. The van der Waals surface area contributed by atoms with Crippen molar-refractivity contribution in [2.24, 2.45) is 17.6 Å². The predicted molar refractivity (Wildman–Crippen MR) is 89.5 cm³/mol. The van der Waals surface area contributed by atoms with E-state index in [1.54, 1.807) is 0 Å². The van der Waals surface area contributed by atoms with Crippen molar-refractivity contribution in [2.75, 3.05) is 12.3 Å². The summed E-state index contributed by atoms with van der Waals surface area (Å²) in [4.78, 5) is 12.4. The number of amides is 1. The van der Waals surface area contributed by atoms with Crippen LogP contribution < -0.4 is 11.1 Å². The first-order valence-corrected chi connectivity index (χ1v) is 8.91. The highest BCUT2D eigenvalue weighted by molar-refractivity contribution is 7.99. The first kappa shape index (κ1) is 18.1. The van der Waals surface area contributed by atoms with E-state index in [4.69, 9.17) is 5.73 Å². The highest BCUT2D eigenvalue weighted by Crippen LogP contribution is 2.32. The van der Waals surface area contributed by atoms with Gasteiger partial charge in [-0.05, 0) is 50.3 Å². The molecule has 0 saturated heterocycles. The van der Waals surface area contributed by atoms with Gasteiger partial charge in [-0.1, -0.05) is 19.8 Å². The Bertz CT molecular complexity index is 302. The molecule has 2 saturated carbocycles. The standard InChI is InChI=1S/C15H28N2OS.ClH/c1-2-19-13-7-4-6-12(9-13)17-15(18)14-8-3-5-11(14)10-16;/h11-14H,2-10,16H2,1H3,(H,17,18);1H/t11-,12?,13?,14-;/m1./s1. The van der Waals surface area contributed by atoms with Crippen LogP contribution in [0.4, 0.5) is 0 Å². The topological polar surface area (TPSA) is 55.1 Å². The molecule has 2 fully saturated rings. The molecule has 0 spiro atoms. The van der Waals surface area contributed by atoms with Gasteiger partial charge >= 0.3 is 0 Å². The molecule has 2 aliphatic rings. The maximum absolute atomic E-state index is 12.4. The molecule has 3 nitrogen and oxygen atoms in total. The summed E-state index contributed by atoms with van der Waals surface area (Å²) in [6, 6.07) is 0.407. The summed E-state index contributed by atoms with van der Waals surface area (Å²) in [6.07, 6.45) is 8.23. The molecule has 5 heteroatoms. The van der Waals surface area contributed by atoms with Crippen LogP contribution in [-0.2, 0) is 4.79 Å². The van der Waals surface area contributed by atoms with E-state index in [0.29, 0.717) is 18.5 Å². The molecule has 2 unspecified atom stereocenters. The van der Waals surface area contributed by atoms with Crippen LogP contribution in [0.5, 0.6) is 0 Å². The van der Waals surface area contributed by atoms with Gasteiger partial charge < -0.3 is 11.1 Å². The predicted octanol–water partition coefficient (Wildman–Crippen LogP) is 2.96. The third-order valence-electron chi connectivity index (χ3n) is 4.67. The van der Waals surface area contributed by atoms with Gasteiger partial charge in [0.15, 0.2) is 0 Å². The average Bonchev–Trinajstić information content (AvgIpc) is 2.88. The minimum atomic E-state index is 0. The van der Waals surface area contributed by atoms with Gasteiger partial charge in [0.25, 0.3) is 0 Å². The molecular weight excluding hydrogens is 292 g/mol. The molecule has 0 bridgehead atoms. The van der Waals surface area contributed by atoms with Crippen molar-refractivity contribution in [3.63, 3.8) is 0 Å². The van der Waals surface area contributed by atoms with Gasteiger partial charge in [-0.2, -0.15) is 11.8 Å². The Morgan fingerprint density at radius 3 is 2.70 bits per heavy atom. The van der Waals surface area contributed by atoms with Crippen LogP contribution in [0.15, 0.2) is 0 Å². The van der Waals surface area contributed by atoms with Gasteiger partial charge in [-0.15, -0.1) is 12.4 Å². The molecule has 2 rings (SSSR count). The molecule has 2 aliphatic carbocycles. The number of nitrogens with one attached hydrogen (secondary N) is 1. The molecule has 1 amide bonds. The van der Waals surface area contributed by atoms with Gasteiger partial charge in [-0.25, -0.2) is 0 Å². The van der Waals surface area contributed by atoms with E-state index in [-0.39, 0.29) is 24.2 Å². The van der Waals surface area contributed by atoms with Crippen molar-refractivity contribution >= 4 is 30.1 Å². The lowest BCUT2D eigenvalue weighted by Crippen LogP contribution is -2.43. The lowest BCUT2D eigenvalue weighted by atomic mass is 9.92. The van der Waals surface area contributed by atoms with Gasteiger partial charge in [0.05, 0.1) is 0 Å². The zero-order valence-electron chi connectivity index (χ0n) is 12.5. The summed E-state index contributed by atoms with van der Waals surface area (Å²) in [5.74, 6) is 2.07. The van der Waals surface area contributed by atoms with Gasteiger partial charge in [-0.3, -0.25) is 4.79 Å². The lowest BCUT2D eigenvalue weighted by molar-refractivity contribution is -0.126. The molecule has 3 N–H and O–H groups in total. The maximum atomic E-state index is 12.4. The van der Waals surface area contributed by atoms with E-state index in [2.05, 4.69) is 12.2 Å². The van der Waals surface area contributed by atoms with Crippen LogP contribution in [0.2, 0.25) is 0 Å². The minimum Gasteiger partial charge on any atom is -0.353 e. The Balaban J connectivity index is 0.00000200. The van der Waals surface area contributed by atoms with Crippen LogP contribution in [0.3, 0.4) is 0 Å². The summed E-state index contributed by atoms with van der Waals surface area (Å²) >= 11 is 2.05. The third kappa shape index (κ3) is 4.81. The molecule has 0 radical (unpaired) electrons. The Morgan fingerprint density at radius 2 is 2.00 bits per heavy atom. The SMILES string of the molecule is CCSC1CCCC(NC(=O)[C@@H]2CCC[C@@H]2CN)C1.Cl. The van der Waals surface area contributed by atoms with Crippen LogP contribution in [0, 0.1) is 11.8 Å². The quantitative estimate of drug-likeness (QED) is 0.819. The summed E-state index contributed by atoms with van der Waals surface area (Å²) in [5.41, 5.74) is 5.77. The molecule has 0 aromatic rings. The molecular formula is C15H29ClN2OS. The summed E-state index contributed by atoms with van der Waals surface area (Å²) in [7, 11) is 0. The fourth-order valence-electron chi connectivity index (χ4n) is 3.64. The zero-order valence-corrected chi connectivity index (χ0v) is 14.1. The Hall–Kier alpha value is 0.0700. The van der Waals surface area contributed by atoms with Crippen molar-refractivity contribution < 1.29 is 4.79 Å². The van der Waals surface area contributed by atoms with E-state index in [0.717, 1.165) is 30.9 Å². The molecule has 0 aliphatic heterocycles. The second kappa shape index (κ2) is 9.16. The van der Waals surface area contributed by atoms with Crippen molar-refractivity contribution in [3.8, 4) is 0 Å². The monoisotopic (exact) mass is 320 g/mol. The number of hydrogen-bond donors (Lipinski definition) is 2. The van der Waals surface area contributed by atoms with Crippen LogP contribution in [0.25, 0.3) is 0 Å². The van der Waals surface area contributed by atoms with Gasteiger partial charge in [0, 0.05) is 17.2 Å². The second-order valence-electron chi connectivity index (χ2n) is 5.98. The van der Waals surface area contributed by atoms with E-state index < -0.39 is 0 Å². The summed E-state index contributed by atoms with van der Waals surface area (Å²) < 4.78 is 0. The summed E-state index contributed by atoms with van der Waals surface area (Å²) in [6.45, 7) is 2.88. The van der Waals surface area contributed by atoms with Crippen LogP contribution in [-0.4, -0.2) is 29.5 Å². The third-order valence-corrected chi connectivity index (χ3v) is 5.91. The Morgan fingerprint density at radius 1 is 1.25 bits per heavy atom. The highest BCUT2D eigenvalue weighted by Gasteiger charge is 2.33. The molecule has 4 atom stereocenters. The van der Waals surface area contributed by atoms with Crippen LogP contribution in [0.1, 0.15) is 51.9 Å². The normalized spacial score (nSPS) is 33.5. The van der Waals surface area contributed by atoms with Crippen molar-refractivity contribution in [2.45, 2.75) is 63.2 Å². The van der Waals surface area contributed by atoms with Gasteiger partial charge in [0.1, 0.15) is 0 Å². The van der Waals surface area contributed by atoms with E-state index >= 15 is 0 Å².